The highest BCUT2D eigenvalue weighted by Gasteiger charge is 2.12. The van der Waals surface area contributed by atoms with Crippen LogP contribution >= 0.6 is 22.6 Å². The molecule has 0 saturated carbocycles. The molecule has 1 aromatic rings. The van der Waals surface area contributed by atoms with E-state index in [4.69, 9.17) is 15.9 Å². The molecule has 134 valence electrons. The lowest BCUT2D eigenvalue weighted by Crippen LogP contribution is -2.24. The lowest BCUT2D eigenvalue weighted by molar-refractivity contribution is -0.143. The molecule has 0 aromatic carbocycles. The van der Waals surface area contributed by atoms with Gasteiger partial charge in [-0.25, -0.2) is 9.97 Å². The van der Waals surface area contributed by atoms with Crippen molar-refractivity contribution in [2.24, 2.45) is 0 Å². The van der Waals surface area contributed by atoms with Gasteiger partial charge in [0.1, 0.15) is 21.7 Å². The van der Waals surface area contributed by atoms with Crippen LogP contribution in [0.1, 0.15) is 31.7 Å². The van der Waals surface area contributed by atoms with Gasteiger partial charge in [0.15, 0.2) is 0 Å². The Bertz CT molecular complexity index is 555. The molecule has 0 radical (unpaired) electrons. The first kappa shape index (κ1) is 20.6. The minimum atomic E-state index is -0.136. The van der Waals surface area contributed by atoms with Gasteiger partial charge in [-0.3, -0.25) is 10.2 Å². The molecule has 0 spiro atoms. The van der Waals surface area contributed by atoms with E-state index in [1.54, 1.807) is 0 Å². The Labute approximate surface area is 156 Å². The summed E-state index contributed by atoms with van der Waals surface area (Å²) >= 11 is 1.89. The van der Waals surface area contributed by atoms with Crippen molar-refractivity contribution < 1.29 is 9.53 Å². The molecule has 0 atom stereocenters. The number of carbonyl (C=O) groups is 1. The molecule has 1 rings (SSSR count). The SMILES string of the molecule is CCOC(=O)CCCN(C)CCCNc1ncnc(N)c1C(=N)I. The molecule has 0 aliphatic heterocycles. The maximum absolute atomic E-state index is 11.3. The maximum Gasteiger partial charge on any atom is 0.305 e. The average molecular weight is 448 g/mol. The fourth-order valence-corrected chi connectivity index (χ4v) is 2.68. The van der Waals surface area contributed by atoms with Gasteiger partial charge < -0.3 is 20.7 Å². The highest BCUT2D eigenvalue weighted by molar-refractivity contribution is 14.1. The summed E-state index contributed by atoms with van der Waals surface area (Å²) in [4.78, 5) is 21.5. The van der Waals surface area contributed by atoms with E-state index in [2.05, 4.69) is 20.2 Å². The predicted molar refractivity (Wildman–Crippen MR) is 104 cm³/mol. The zero-order valence-electron chi connectivity index (χ0n) is 14.1. The zero-order valence-corrected chi connectivity index (χ0v) is 16.3. The highest BCUT2D eigenvalue weighted by Crippen LogP contribution is 2.20. The van der Waals surface area contributed by atoms with Gasteiger partial charge in [-0.05, 0) is 62.5 Å². The second-order valence-electron chi connectivity index (χ2n) is 5.29. The predicted octanol–water partition coefficient (Wildman–Crippen LogP) is 1.90. The monoisotopic (exact) mass is 448 g/mol. The quantitative estimate of drug-likeness (QED) is 0.205. The number of nitrogens with zero attached hydrogens (tertiary/aromatic N) is 3. The fourth-order valence-electron chi connectivity index (χ4n) is 2.14. The molecule has 0 aliphatic rings. The maximum atomic E-state index is 11.3. The Hall–Kier alpha value is -1.49. The highest BCUT2D eigenvalue weighted by atomic mass is 127. The van der Waals surface area contributed by atoms with E-state index in [-0.39, 0.29) is 5.97 Å². The molecule has 1 heterocycles. The number of nitrogen functional groups attached to an aromatic ring is 1. The number of esters is 1. The molecule has 0 amide bonds. The van der Waals surface area contributed by atoms with Crippen LogP contribution < -0.4 is 11.1 Å². The van der Waals surface area contributed by atoms with Crippen LogP contribution in [0.4, 0.5) is 11.6 Å². The molecule has 1 aromatic heterocycles. The summed E-state index contributed by atoms with van der Waals surface area (Å²) in [5.41, 5.74) is 6.34. The molecule has 0 saturated heterocycles. The Morgan fingerprint density at radius 3 is 2.79 bits per heavy atom. The number of nitrogens with one attached hydrogen (secondary N) is 2. The van der Waals surface area contributed by atoms with Crippen molar-refractivity contribution in [2.75, 3.05) is 44.3 Å². The van der Waals surface area contributed by atoms with Crippen molar-refractivity contribution >= 4 is 43.9 Å². The van der Waals surface area contributed by atoms with E-state index >= 15 is 0 Å². The molecule has 9 heteroatoms. The summed E-state index contributed by atoms with van der Waals surface area (Å²) in [5, 5.41) is 11.0. The zero-order chi connectivity index (χ0) is 17.9. The van der Waals surface area contributed by atoms with Gasteiger partial charge in [0, 0.05) is 13.0 Å². The number of nitrogens with two attached hydrogens (primary N) is 1. The molecule has 8 nitrogen and oxygen atoms in total. The van der Waals surface area contributed by atoms with E-state index in [0.29, 0.717) is 33.9 Å². The number of hydrogen-bond donors (Lipinski definition) is 3. The van der Waals surface area contributed by atoms with Gasteiger partial charge in [-0.15, -0.1) is 0 Å². The number of rotatable bonds is 11. The number of anilines is 2. The van der Waals surface area contributed by atoms with Crippen LogP contribution in [-0.2, 0) is 9.53 Å². The van der Waals surface area contributed by atoms with Crippen LogP contribution in [0, 0.1) is 5.41 Å². The fraction of sp³-hybridized carbons (Fsp3) is 0.600. The molecule has 0 bridgehead atoms. The topological polar surface area (TPSA) is 117 Å². The second kappa shape index (κ2) is 11.1. The van der Waals surface area contributed by atoms with E-state index < -0.39 is 0 Å². The van der Waals surface area contributed by atoms with E-state index in [1.807, 2.05) is 36.6 Å². The van der Waals surface area contributed by atoms with Crippen molar-refractivity contribution in [2.45, 2.75) is 26.2 Å². The van der Waals surface area contributed by atoms with Gasteiger partial charge in [0.25, 0.3) is 0 Å². The van der Waals surface area contributed by atoms with Crippen molar-refractivity contribution in [3.8, 4) is 0 Å². The van der Waals surface area contributed by atoms with Crippen LogP contribution in [0.5, 0.6) is 0 Å². The average Bonchev–Trinajstić information content (AvgIpc) is 2.51. The first-order chi connectivity index (χ1) is 11.5. The first-order valence-electron chi connectivity index (χ1n) is 7.88. The standard InChI is InChI=1S/C15H25IN6O2/c1-3-24-11(23)6-4-8-22(2)9-5-7-19-15-12(13(16)17)14(18)20-10-21-15/h10,17H,3-9H2,1-2H3,(H3,18,19,20,21). The van der Waals surface area contributed by atoms with Crippen LogP contribution in [0.3, 0.4) is 0 Å². The number of aromatic nitrogens is 2. The van der Waals surface area contributed by atoms with Gasteiger partial charge in [0.05, 0.1) is 12.2 Å². The summed E-state index contributed by atoms with van der Waals surface area (Å²) in [6.07, 6.45) is 3.55. The normalized spacial score (nSPS) is 10.7. The summed E-state index contributed by atoms with van der Waals surface area (Å²) in [7, 11) is 2.03. The minimum Gasteiger partial charge on any atom is -0.466 e. The molecular formula is C15H25IN6O2. The summed E-state index contributed by atoms with van der Waals surface area (Å²) in [5.74, 6) is 0.762. The van der Waals surface area contributed by atoms with Gasteiger partial charge in [-0.1, -0.05) is 0 Å². The summed E-state index contributed by atoms with van der Waals surface area (Å²) < 4.78 is 5.21. The number of ether oxygens (including phenoxy) is 1. The van der Waals surface area contributed by atoms with Crippen molar-refractivity contribution in [3.05, 3.63) is 11.9 Å². The Morgan fingerprint density at radius 1 is 1.42 bits per heavy atom. The Morgan fingerprint density at radius 2 is 2.12 bits per heavy atom. The number of hydrogen-bond acceptors (Lipinski definition) is 8. The Balaban J connectivity index is 2.28. The van der Waals surface area contributed by atoms with Gasteiger partial charge >= 0.3 is 5.97 Å². The summed E-state index contributed by atoms with van der Waals surface area (Å²) in [6, 6.07) is 0. The van der Waals surface area contributed by atoms with Gasteiger partial charge in [0.2, 0.25) is 0 Å². The van der Waals surface area contributed by atoms with Crippen molar-refractivity contribution in [1.82, 2.24) is 14.9 Å². The van der Waals surface area contributed by atoms with Crippen LogP contribution in [0.15, 0.2) is 6.33 Å². The number of carbonyl (C=O) groups excluding carboxylic acids is 1. The summed E-state index contributed by atoms with van der Waals surface area (Å²) in [6.45, 7) is 4.71. The molecule has 0 unspecified atom stereocenters. The Kier molecular flexibility index (Phi) is 9.53. The van der Waals surface area contributed by atoms with Crippen molar-refractivity contribution in [1.29, 1.82) is 5.41 Å². The first-order valence-corrected chi connectivity index (χ1v) is 8.96. The van der Waals surface area contributed by atoms with E-state index in [0.717, 1.165) is 32.5 Å². The van der Waals surface area contributed by atoms with Crippen LogP contribution in [0.2, 0.25) is 0 Å². The largest absolute Gasteiger partial charge is 0.466 e. The third kappa shape index (κ3) is 7.39. The van der Waals surface area contributed by atoms with E-state index in [1.165, 1.54) is 6.33 Å². The van der Waals surface area contributed by atoms with Gasteiger partial charge in [-0.2, -0.15) is 0 Å². The lowest BCUT2D eigenvalue weighted by Gasteiger charge is -2.17. The smallest absolute Gasteiger partial charge is 0.305 e. The molecule has 4 N–H and O–H groups in total. The third-order valence-electron chi connectivity index (χ3n) is 3.33. The molecule has 24 heavy (non-hydrogen) atoms. The minimum absolute atomic E-state index is 0.136. The van der Waals surface area contributed by atoms with Crippen LogP contribution in [0.25, 0.3) is 0 Å². The molecule has 0 aliphatic carbocycles. The lowest BCUT2D eigenvalue weighted by atomic mass is 10.2. The number of halogens is 1. The molecular weight excluding hydrogens is 423 g/mol. The second-order valence-corrected chi connectivity index (χ2v) is 6.37. The molecule has 0 fully saturated rings. The third-order valence-corrected chi connectivity index (χ3v) is 3.87. The van der Waals surface area contributed by atoms with E-state index in [9.17, 15) is 4.79 Å². The van der Waals surface area contributed by atoms with Crippen molar-refractivity contribution in [3.63, 3.8) is 0 Å². The van der Waals surface area contributed by atoms with Crippen LogP contribution in [-0.4, -0.2) is 57.8 Å².